The molecule has 1 amide bonds. The zero-order valence-corrected chi connectivity index (χ0v) is 13.6. The van der Waals surface area contributed by atoms with Gasteiger partial charge >= 0.3 is 6.09 Å². The van der Waals surface area contributed by atoms with E-state index in [-0.39, 0.29) is 18.7 Å². The summed E-state index contributed by atoms with van der Waals surface area (Å²) in [6.07, 6.45) is -0.315. The minimum Gasteiger partial charge on any atom is -0.497 e. The standard InChI is InChI=1S/C19H21NO4/c1-23-16-9-7-14(8-10-16)11-17-18(21)12-20(17)19(22)24-13-15-5-3-2-4-6-15/h2-10,17-18,21H,11-13H2,1H3/t17-,18?/m0/s1. The van der Waals surface area contributed by atoms with Gasteiger partial charge in [0.25, 0.3) is 0 Å². The number of ether oxygens (including phenoxy) is 2. The molecule has 2 aromatic rings. The van der Waals surface area contributed by atoms with Crippen molar-refractivity contribution < 1.29 is 19.4 Å². The van der Waals surface area contributed by atoms with E-state index in [2.05, 4.69) is 0 Å². The third kappa shape index (κ3) is 3.68. The SMILES string of the molecule is COc1ccc(C[C@H]2C(O)CN2C(=O)OCc2ccccc2)cc1. The number of aliphatic hydroxyl groups is 1. The molecule has 0 bridgehead atoms. The van der Waals surface area contributed by atoms with Gasteiger partial charge < -0.3 is 14.6 Å². The average Bonchev–Trinajstić information content (AvgIpc) is 2.63. The molecule has 0 aromatic heterocycles. The Balaban J connectivity index is 1.56. The Morgan fingerprint density at radius 2 is 1.83 bits per heavy atom. The maximum absolute atomic E-state index is 12.2. The third-order valence-electron chi connectivity index (χ3n) is 4.27. The average molecular weight is 327 g/mol. The number of β-amino-alcohol motifs (C(OH)–C–C–N with tert-alkyl or cyclic N) is 1. The second-order valence-electron chi connectivity index (χ2n) is 5.88. The number of hydrogen-bond acceptors (Lipinski definition) is 4. The van der Waals surface area contributed by atoms with Crippen molar-refractivity contribution in [3.05, 3.63) is 65.7 Å². The Hall–Kier alpha value is -2.53. The molecular weight excluding hydrogens is 306 g/mol. The molecule has 3 rings (SSSR count). The molecule has 5 heteroatoms. The molecule has 0 aliphatic carbocycles. The monoisotopic (exact) mass is 327 g/mol. The summed E-state index contributed by atoms with van der Waals surface area (Å²) in [5.41, 5.74) is 1.99. The lowest BCUT2D eigenvalue weighted by Gasteiger charge is -2.44. The molecule has 2 aromatic carbocycles. The number of aliphatic hydroxyl groups excluding tert-OH is 1. The van der Waals surface area contributed by atoms with Gasteiger partial charge in [0.1, 0.15) is 12.4 Å². The fraction of sp³-hybridized carbons (Fsp3) is 0.316. The highest BCUT2D eigenvalue weighted by Crippen LogP contribution is 2.24. The molecule has 0 spiro atoms. The van der Waals surface area contributed by atoms with Crippen LogP contribution in [-0.4, -0.2) is 41.9 Å². The molecule has 1 N–H and O–H groups in total. The molecular formula is C19H21NO4. The number of amides is 1. The predicted molar refractivity (Wildman–Crippen MR) is 89.8 cm³/mol. The van der Waals surface area contributed by atoms with Crippen molar-refractivity contribution in [3.8, 4) is 5.75 Å². The smallest absolute Gasteiger partial charge is 0.410 e. The fourth-order valence-corrected chi connectivity index (χ4v) is 2.79. The zero-order valence-electron chi connectivity index (χ0n) is 13.6. The molecule has 126 valence electrons. The van der Waals surface area contributed by atoms with Crippen molar-refractivity contribution in [1.82, 2.24) is 4.90 Å². The van der Waals surface area contributed by atoms with Crippen LogP contribution in [-0.2, 0) is 17.8 Å². The number of hydrogen-bond donors (Lipinski definition) is 1. The molecule has 1 heterocycles. The molecule has 5 nitrogen and oxygen atoms in total. The second-order valence-corrected chi connectivity index (χ2v) is 5.88. The summed E-state index contributed by atoms with van der Waals surface area (Å²) >= 11 is 0. The van der Waals surface area contributed by atoms with Gasteiger partial charge in [0.15, 0.2) is 0 Å². The summed E-state index contributed by atoms with van der Waals surface area (Å²) in [5.74, 6) is 0.784. The summed E-state index contributed by atoms with van der Waals surface area (Å²) in [6, 6.07) is 16.9. The fourth-order valence-electron chi connectivity index (χ4n) is 2.79. The van der Waals surface area contributed by atoms with Gasteiger partial charge in [-0.2, -0.15) is 0 Å². The van der Waals surface area contributed by atoms with Gasteiger partial charge in [0.2, 0.25) is 0 Å². The molecule has 0 radical (unpaired) electrons. The van der Waals surface area contributed by atoms with Crippen molar-refractivity contribution >= 4 is 6.09 Å². The van der Waals surface area contributed by atoms with Gasteiger partial charge in [-0.15, -0.1) is 0 Å². The Labute approximate surface area is 141 Å². The van der Waals surface area contributed by atoms with Crippen molar-refractivity contribution in [2.75, 3.05) is 13.7 Å². The predicted octanol–water partition coefficient (Wildman–Crippen LogP) is 2.62. The zero-order chi connectivity index (χ0) is 16.9. The van der Waals surface area contributed by atoms with Gasteiger partial charge in [-0.3, -0.25) is 4.90 Å². The largest absolute Gasteiger partial charge is 0.497 e. The van der Waals surface area contributed by atoms with Crippen LogP contribution in [0.15, 0.2) is 54.6 Å². The van der Waals surface area contributed by atoms with E-state index >= 15 is 0 Å². The lowest BCUT2D eigenvalue weighted by Crippen LogP contribution is -2.63. The summed E-state index contributed by atoms with van der Waals surface area (Å²) in [6.45, 7) is 0.552. The van der Waals surface area contributed by atoms with E-state index in [0.29, 0.717) is 13.0 Å². The molecule has 2 atom stereocenters. The number of rotatable bonds is 5. The molecule has 1 saturated heterocycles. The number of nitrogens with zero attached hydrogens (tertiary/aromatic N) is 1. The van der Waals surface area contributed by atoms with E-state index < -0.39 is 6.10 Å². The Morgan fingerprint density at radius 1 is 1.12 bits per heavy atom. The molecule has 24 heavy (non-hydrogen) atoms. The van der Waals surface area contributed by atoms with Crippen LogP contribution in [0.25, 0.3) is 0 Å². The van der Waals surface area contributed by atoms with Crippen LogP contribution in [0.4, 0.5) is 4.79 Å². The number of carbonyl (C=O) groups excluding carboxylic acids is 1. The molecule has 1 unspecified atom stereocenters. The Morgan fingerprint density at radius 3 is 2.46 bits per heavy atom. The number of carbonyl (C=O) groups is 1. The lowest BCUT2D eigenvalue weighted by molar-refractivity contribution is -0.0547. The topological polar surface area (TPSA) is 59.0 Å². The highest BCUT2D eigenvalue weighted by Gasteiger charge is 2.41. The molecule has 1 fully saturated rings. The quantitative estimate of drug-likeness (QED) is 0.917. The molecule has 1 aliphatic heterocycles. The summed E-state index contributed by atoms with van der Waals surface area (Å²) in [7, 11) is 1.62. The van der Waals surface area contributed by atoms with Crippen LogP contribution in [0.3, 0.4) is 0 Å². The lowest BCUT2D eigenvalue weighted by atomic mass is 9.93. The van der Waals surface area contributed by atoms with E-state index in [9.17, 15) is 9.90 Å². The normalized spacial score (nSPS) is 19.5. The maximum Gasteiger partial charge on any atom is 0.410 e. The Kier molecular flexibility index (Phi) is 5.01. The summed E-state index contributed by atoms with van der Waals surface area (Å²) in [4.78, 5) is 13.8. The van der Waals surface area contributed by atoms with E-state index in [4.69, 9.17) is 9.47 Å². The minimum atomic E-state index is -0.517. The van der Waals surface area contributed by atoms with Gasteiger partial charge in [-0.05, 0) is 29.7 Å². The van der Waals surface area contributed by atoms with Crippen LogP contribution < -0.4 is 4.74 Å². The number of likely N-dealkylation sites (tertiary alicyclic amines) is 1. The van der Waals surface area contributed by atoms with Gasteiger partial charge in [0, 0.05) is 0 Å². The summed E-state index contributed by atoms with van der Waals surface area (Å²) in [5, 5.41) is 10.0. The van der Waals surface area contributed by atoms with E-state index in [1.165, 1.54) is 0 Å². The highest BCUT2D eigenvalue weighted by atomic mass is 16.6. The minimum absolute atomic E-state index is 0.238. The third-order valence-corrected chi connectivity index (χ3v) is 4.27. The van der Waals surface area contributed by atoms with E-state index in [1.807, 2.05) is 54.6 Å². The summed E-state index contributed by atoms with van der Waals surface area (Å²) < 4.78 is 10.5. The first-order valence-corrected chi connectivity index (χ1v) is 7.95. The highest BCUT2D eigenvalue weighted by molar-refractivity contribution is 5.69. The van der Waals surface area contributed by atoms with E-state index in [0.717, 1.165) is 16.9 Å². The van der Waals surface area contributed by atoms with Crippen LogP contribution in [0.2, 0.25) is 0 Å². The van der Waals surface area contributed by atoms with Crippen LogP contribution in [0.5, 0.6) is 5.75 Å². The molecule has 0 saturated carbocycles. The van der Waals surface area contributed by atoms with Crippen molar-refractivity contribution in [2.24, 2.45) is 0 Å². The van der Waals surface area contributed by atoms with Gasteiger partial charge in [-0.1, -0.05) is 42.5 Å². The van der Waals surface area contributed by atoms with Crippen LogP contribution >= 0.6 is 0 Å². The Bertz CT molecular complexity index is 672. The molecule has 1 aliphatic rings. The van der Waals surface area contributed by atoms with Gasteiger partial charge in [-0.25, -0.2) is 4.79 Å². The van der Waals surface area contributed by atoms with Crippen molar-refractivity contribution in [3.63, 3.8) is 0 Å². The number of benzene rings is 2. The first-order valence-electron chi connectivity index (χ1n) is 7.95. The van der Waals surface area contributed by atoms with Crippen molar-refractivity contribution in [1.29, 1.82) is 0 Å². The van der Waals surface area contributed by atoms with Crippen LogP contribution in [0.1, 0.15) is 11.1 Å². The van der Waals surface area contributed by atoms with Gasteiger partial charge in [0.05, 0.1) is 25.8 Å². The van der Waals surface area contributed by atoms with E-state index in [1.54, 1.807) is 12.0 Å². The maximum atomic E-state index is 12.2. The van der Waals surface area contributed by atoms with Crippen LogP contribution in [0, 0.1) is 0 Å². The van der Waals surface area contributed by atoms with Crippen molar-refractivity contribution in [2.45, 2.75) is 25.2 Å². The first-order chi connectivity index (χ1) is 11.7. The number of methoxy groups -OCH3 is 1. The first kappa shape index (κ1) is 16.3. The second kappa shape index (κ2) is 7.36.